The average Bonchev–Trinajstić information content (AvgIpc) is 2.97. The summed E-state index contributed by atoms with van der Waals surface area (Å²) in [5.41, 5.74) is 1.84. The van der Waals surface area contributed by atoms with Crippen LogP contribution in [0.25, 0.3) is 0 Å². The number of carbonyl (C=O) groups is 1. The van der Waals surface area contributed by atoms with Crippen molar-refractivity contribution in [3.8, 4) is 5.75 Å². The number of rotatable bonds is 5. The van der Waals surface area contributed by atoms with Crippen LogP contribution < -0.4 is 15.4 Å². The van der Waals surface area contributed by atoms with Crippen LogP contribution in [0.15, 0.2) is 34.7 Å². The fraction of sp³-hybridized carbons (Fsp3) is 0.389. The van der Waals surface area contributed by atoms with Crippen LogP contribution in [-0.4, -0.2) is 12.0 Å². The van der Waals surface area contributed by atoms with E-state index in [4.69, 9.17) is 9.15 Å². The van der Waals surface area contributed by atoms with Crippen molar-refractivity contribution in [1.82, 2.24) is 5.32 Å². The highest BCUT2D eigenvalue weighted by Crippen LogP contribution is 2.33. The molecule has 0 unspecified atom stereocenters. The second-order valence-corrected chi connectivity index (χ2v) is 5.87. The molecular formula is C18H22N2O3. The molecule has 5 nitrogen and oxygen atoms in total. The molecule has 3 rings (SSSR count). The molecule has 23 heavy (non-hydrogen) atoms. The standard InChI is InChI=1S/C18H22N2O3/c1-4-16-18(21)20-15-8-6-13(9-17(15)23-16)12(3)19-10-14-7-5-11(2)22-14/h5-9,12,16,19H,4,10H2,1-3H3,(H,20,21)/t12-,16-/m0/s1. The lowest BCUT2D eigenvalue weighted by atomic mass is 10.1. The van der Waals surface area contributed by atoms with Gasteiger partial charge in [-0.1, -0.05) is 13.0 Å². The Balaban J connectivity index is 1.69. The average molecular weight is 314 g/mol. The molecule has 2 heterocycles. The number of furan rings is 1. The summed E-state index contributed by atoms with van der Waals surface area (Å²) in [6, 6.07) is 9.97. The molecule has 0 aliphatic carbocycles. The van der Waals surface area contributed by atoms with Gasteiger partial charge in [-0.15, -0.1) is 0 Å². The monoisotopic (exact) mass is 314 g/mol. The molecule has 0 saturated heterocycles. The van der Waals surface area contributed by atoms with E-state index in [1.807, 2.05) is 44.2 Å². The smallest absolute Gasteiger partial charge is 0.265 e. The highest BCUT2D eigenvalue weighted by Gasteiger charge is 2.26. The second-order valence-electron chi connectivity index (χ2n) is 5.87. The molecule has 2 aromatic rings. The van der Waals surface area contributed by atoms with E-state index in [9.17, 15) is 4.79 Å². The summed E-state index contributed by atoms with van der Waals surface area (Å²) in [5, 5.41) is 6.32. The Bertz CT molecular complexity index is 708. The number of nitrogens with one attached hydrogen (secondary N) is 2. The molecule has 1 amide bonds. The van der Waals surface area contributed by atoms with Crippen LogP contribution in [-0.2, 0) is 11.3 Å². The Hall–Kier alpha value is -2.27. The molecule has 1 aliphatic rings. The Labute approximate surface area is 136 Å². The number of anilines is 1. The third-order valence-electron chi connectivity index (χ3n) is 4.07. The maximum Gasteiger partial charge on any atom is 0.265 e. The molecule has 1 aromatic heterocycles. The normalized spacial score (nSPS) is 18.0. The lowest BCUT2D eigenvalue weighted by Crippen LogP contribution is -2.36. The number of hydrogen-bond acceptors (Lipinski definition) is 4. The van der Waals surface area contributed by atoms with Gasteiger partial charge in [-0.25, -0.2) is 0 Å². The van der Waals surface area contributed by atoms with Gasteiger partial charge < -0.3 is 19.8 Å². The van der Waals surface area contributed by atoms with Gasteiger partial charge in [-0.2, -0.15) is 0 Å². The Morgan fingerprint density at radius 1 is 1.30 bits per heavy atom. The van der Waals surface area contributed by atoms with Crippen LogP contribution in [0.4, 0.5) is 5.69 Å². The molecule has 1 aliphatic heterocycles. The van der Waals surface area contributed by atoms with Gasteiger partial charge in [-0.3, -0.25) is 4.79 Å². The topological polar surface area (TPSA) is 63.5 Å². The minimum atomic E-state index is -0.410. The van der Waals surface area contributed by atoms with Crippen LogP contribution in [0.1, 0.15) is 43.4 Å². The van der Waals surface area contributed by atoms with E-state index in [0.717, 1.165) is 28.5 Å². The predicted molar refractivity (Wildman–Crippen MR) is 88.5 cm³/mol. The fourth-order valence-corrected chi connectivity index (χ4v) is 2.65. The van der Waals surface area contributed by atoms with E-state index in [0.29, 0.717) is 13.0 Å². The number of hydrogen-bond donors (Lipinski definition) is 2. The Kier molecular flexibility index (Phi) is 4.39. The summed E-state index contributed by atoms with van der Waals surface area (Å²) < 4.78 is 11.4. The van der Waals surface area contributed by atoms with Crippen LogP contribution in [0, 0.1) is 6.92 Å². The van der Waals surface area contributed by atoms with Crippen molar-refractivity contribution in [2.24, 2.45) is 0 Å². The highest BCUT2D eigenvalue weighted by molar-refractivity contribution is 5.97. The minimum Gasteiger partial charge on any atom is -0.478 e. The first-order chi connectivity index (χ1) is 11.1. The molecule has 0 radical (unpaired) electrons. The van der Waals surface area contributed by atoms with Crippen molar-refractivity contribution < 1.29 is 13.9 Å². The largest absolute Gasteiger partial charge is 0.478 e. The number of carbonyl (C=O) groups excluding carboxylic acids is 1. The summed E-state index contributed by atoms with van der Waals surface area (Å²) in [5.74, 6) is 2.49. The van der Waals surface area contributed by atoms with E-state index >= 15 is 0 Å². The summed E-state index contributed by atoms with van der Waals surface area (Å²) in [7, 11) is 0. The minimum absolute atomic E-state index is 0.0767. The zero-order valence-corrected chi connectivity index (χ0v) is 13.7. The number of fused-ring (bicyclic) bond motifs is 1. The van der Waals surface area contributed by atoms with Gasteiger partial charge in [0.05, 0.1) is 12.2 Å². The second kappa shape index (κ2) is 6.46. The van der Waals surface area contributed by atoms with Gasteiger partial charge >= 0.3 is 0 Å². The van der Waals surface area contributed by atoms with E-state index < -0.39 is 6.10 Å². The molecule has 122 valence electrons. The summed E-state index contributed by atoms with van der Waals surface area (Å²) in [4.78, 5) is 11.8. The summed E-state index contributed by atoms with van der Waals surface area (Å²) >= 11 is 0. The first kappa shape index (κ1) is 15.6. The molecule has 1 aromatic carbocycles. The SMILES string of the molecule is CC[C@@H]1Oc2cc([C@H](C)NCc3ccc(C)o3)ccc2NC1=O. The molecule has 5 heteroatoms. The van der Waals surface area contributed by atoms with Crippen molar-refractivity contribution in [2.45, 2.75) is 45.9 Å². The Morgan fingerprint density at radius 3 is 2.83 bits per heavy atom. The highest BCUT2D eigenvalue weighted by atomic mass is 16.5. The van der Waals surface area contributed by atoms with Crippen molar-refractivity contribution in [3.05, 3.63) is 47.4 Å². The van der Waals surface area contributed by atoms with Crippen LogP contribution in [0.2, 0.25) is 0 Å². The molecular weight excluding hydrogens is 292 g/mol. The fourth-order valence-electron chi connectivity index (χ4n) is 2.65. The van der Waals surface area contributed by atoms with Crippen molar-refractivity contribution in [3.63, 3.8) is 0 Å². The maximum atomic E-state index is 11.8. The number of benzene rings is 1. The molecule has 0 saturated carbocycles. The van der Waals surface area contributed by atoms with E-state index in [1.165, 1.54) is 0 Å². The first-order valence-electron chi connectivity index (χ1n) is 7.97. The maximum absolute atomic E-state index is 11.8. The quantitative estimate of drug-likeness (QED) is 0.886. The summed E-state index contributed by atoms with van der Waals surface area (Å²) in [6.07, 6.45) is 0.244. The molecule has 0 fully saturated rings. The number of amides is 1. The zero-order chi connectivity index (χ0) is 16.4. The third-order valence-corrected chi connectivity index (χ3v) is 4.07. The van der Waals surface area contributed by atoms with Crippen molar-refractivity contribution in [2.75, 3.05) is 5.32 Å². The first-order valence-corrected chi connectivity index (χ1v) is 7.97. The molecule has 2 N–H and O–H groups in total. The van der Waals surface area contributed by atoms with Crippen LogP contribution in [0.5, 0.6) is 5.75 Å². The summed E-state index contributed by atoms with van der Waals surface area (Å²) in [6.45, 7) is 6.64. The lowest BCUT2D eigenvalue weighted by molar-refractivity contribution is -0.123. The van der Waals surface area contributed by atoms with Crippen LogP contribution >= 0.6 is 0 Å². The van der Waals surface area contributed by atoms with Gasteiger partial charge in [0.2, 0.25) is 0 Å². The number of aryl methyl sites for hydroxylation is 1. The third kappa shape index (κ3) is 3.40. The van der Waals surface area contributed by atoms with E-state index in [1.54, 1.807) is 0 Å². The predicted octanol–water partition coefficient (Wildman–Crippen LogP) is 3.55. The molecule has 0 bridgehead atoms. The van der Waals surface area contributed by atoms with Gasteiger partial charge in [0.15, 0.2) is 6.10 Å². The Morgan fingerprint density at radius 2 is 2.13 bits per heavy atom. The van der Waals surface area contributed by atoms with Crippen molar-refractivity contribution in [1.29, 1.82) is 0 Å². The van der Waals surface area contributed by atoms with E-state index in [2.05, 4.69) is 17.6 Å². The van der Waals surface area contributed by atoms with Gasteiger partial charge in [0.1, 0.15) is 17.3 Å². The molecule has 0 spiro atoms. The zero-order valence-electron chi connectivity index (χ0n) is 13.7. The van der Waals surface area contributed by atoms with Gasteiger partial charge in [-0.05, 0) is 50.1 Å². The lowest BCUT2D eigenvalue weighted by Gasteiger charge is -2.26. The molecule has 2 atom stereocenters. The van der Waals surface area contributed by atoms with E-state index in [-0.39, 0.29) is 11.9 Å². The number of ether oxygens (including phenoxy) is 1. The van der Waals surface area contributed by atoms with Gasteiger partial charge in [0.25, 0.3) is 5.91 Å². The van der Waals surface area contributed by atoms with Gasteiger partial charge in [0, 0.05) is 6.04 Å². The van der Waals surface area contributed by atoms with Crippen LogP contribution in [0.3, 0.4) is 0 Å². The van der Waals surface area contributed by atoms with Crippen molar-refractivity contribution >= 4 is 11.6 Å².